The molecule has 0 aliphatic heterocycles. The van der Waals surface area contributed by atoms with Crippen molar-refractivity contribution in [3.05, 3.63) is 60.1 Å². The van der Waals surface area contributed by atoms with Crippen LogP contribution in [0.25, 0.3) is 0 Å². The van der Waals surface area contributed by atoms with E-state index in [0.29, 0.717) is 11.6 Å². The first-order chi connectivity index (χ1) is 10.0. The molecule has 1 heterocycles. The second kappa shape index (κ2) is 7.11. The molecule has 2 atom stereocenters. The molecule has 0 spiro atoms. The van der Waals surface area contributed by atoms with Crippen LogP contribution in [-0.2, 0) is 10.0 Å². The molecule has 0 saturated carbocycles. The number of hydrogen-bond donors (Lipinski definition) is 1. The van der Waals surface area contributed by atoms with Gasteiger partial charge in [-0.05, 0) is 23.6 Å². The SMILES string of the molecule is CC(CCl)CS(=O)(=O)NC(c1ccccc1)c1ccco1. The Morgan fingerprint density at radius 2 is 1.90 bits per heavy atom. The topological polar surface area (TPSA) is 59.3 Å². The molecule has 6 heteroatoms. The zero-order valence-electron chi connectivity index (χ0n) is 11.7. The third-order valence-electron chi connectivity index (χ3n) is 3.03. The van der Waals surface area contributed by atoms with Gasteiger partial charge in [0.25, 0.3) is 0 Å². The van der Waals surface area contributed by atoms with Crippen molar-refractivity contribution in [2.75, 3.05) is 11.6 Å². The molecule has 114 valence electrons. The Balaban J connectivity index is 2.26. The van der Waals surface area contributed by atoms with Gasteiger partial charge in [-0.25, -0.2) is 13.1 Å². The molecule has 0 aliphatic rings. The Hall–Kier alpha value is -1.30. The van der Waals surface area contributed by atoms with Crippen molar-refractivity contribution in [1.82, 2.24) is 4.72 Å². The summed E-state index contributed by atoms with van der Waals surface area (Å²) in [4.78, 5) is 0. The highest BCUT2D eigenvalue weighted by Crippen LogP contribution is 2.23. The third-order valence-corrected chi connectivity index (χ3v) is 5.15. The van der Waals surface area contributed by atoms with E-state index in [2.05, 4.69) is 4.72 Å². The highest BCUT2D eigenvalue weighted by atomic mass is 35.5. The van der Waals surface area contributed by atoms with E-state index >= 15 is 0 Å². The minimum absolute atomic E-state index is 0.0134. The van der Waals surface area contributed by atoms with Crippen molar-refractivity contribution < 1.29 is 12.8 Å². The van der Waals surface area contributed by atoms with Gasteiger partial charge in [0.2, 0.25) is 10.0 Å². The molecule has 1 aromatic carbocycles. The van der Waals surface area contributed by atoms with E-state index in [1.54, 1.807) is 19.1 Å². The summed E-state index contributed by atoms with van der Waals surface area (Å²) >= 11 is 5.70. The molecular weight excluding hydrogens is 310 g/mol. The number of halogens is 1. The minimum Gasteiger partial charge on any atom is -0.467 e. The molecule has 1 aromatic heterocycles. The van der Waals surface area contributed by atoms with Crippen molar-refractivity contribution in [2.24, 2.45) is 5.92 Å². The summed E-state index contributed by atoms with van der Waals surface area (Å²) in [6.07, 6.45) is 1.53. The van der Waals surface area contributed by atoms with Gasteiger partial charge in [-0.1, -0.05) is 37.3 Å². The van der Waals surface area contributed by atoms with Crippen LogP contribution in [-0.4, -0.2) is 20.1 Å². The third kappa shape index (κ3) is 4.59. The first-order valence-corrected chi connectivity index (χ1v) is 8.85. The molecular formula is C15H18ClNO3S. The fourth-order valence-electron chi connectivity index (χ4n) is 2.04. The number of sulfonamides is 1. The lowest BCUT2D eigenvalue weighted by molar-refractivity contribution is 0.470. The van der Waals surface area contributed by atoms with Crippen molar-refractivity contribution >= 4 is 21.6 Å². The summed E-state index contributed by atoms with van der Waals surface area (Å²) in [5.41, 5.74) is 0.828. The van der Waals surface area contributed by atoms with Crippen molar-refractivity contribution in [3.63, 3.8) is 0 Å². The first-order valence-electron chi connectivity index (χ1n) is 6.66. The zero-order valence-corrected chi connectivity index (χ0v) is 13.3. The number of furan rings is 1. The van der Waals surface area contributed by atoms with Crippen LogP contribution < -0.4 is 4.72 Å². The van der Waals surface area contributed by atoms with Crippen LogP contribution in [0.1, 0.15) is 24.3 Å². The van der Waals surface area contributed by atoms with Crippen LogP contribution in [0.2, 0.25) is 0 Å². The Kier molecular flexibility index (Phi) is 5.45. The highest BCUT2D eigenvalue weighted by molar-refractivity contribution is 7.89. The predicted molar refractivity (Wildman–Crippen MR) is 83.8 cm³/mol. The molecule has 0 saturated heterocycles. The van der Waals surface area contributed by atoms with Crippen molar-refractivity contribution in [3.8, 4) is 0 Å². The first kappa shape index (κ1) is 16.1. The molecule has 0 radical (unpaired) electrons. The Labute approximate surface area is 130 Å². The maximum atomic E-state index is 12.3. The molecule has 0 amide bonds. The van der Waals surface area contributed by atoms with E-state index < -0.39 is 16.1 Å². The van der Waals surface area contributed by atoms with Gasteiger partial charge >= 0.3 is 0 Å². The number of nitrogens with one attached hydrogen (secondary N) is 1. The maximum absolute atomic E-state index is 12.3. The van der Waals surface area contributed by atoms with Crippen molar-refractivity contribution in [2.45, 2.75) is 13.0 Å². The number of benzene rings is 1. The molecule has 1 N–H and O–H groups in total. The Morgan fingerprint density at radius 3 is 2.48 bits per heavy atom. The van der Waals surface area contributed by atoms with Gasteiger partial charge < -0.3 is 4.42 Å². The molecule has 2 rings (SSSR count). The smallest absolute Gasteiger partial charge is 0.212 e. The van der Waals surface area contributed by atoms with E-state index in [0.717, 1.165) is 5.56 Å². The predicted octanol–water partition coefficient (Wildman–Crippen LogP) is 3.16. The highest BCUT2D eigenvalue weighted by Gasteiger charge is 2.24. The molecule has 4 nitrogen and oxygen atoms in total. The Morgan fingerprint density at radius 1 is 1.19 bits per heavy atom. The fourth-order valence-corrected chi connectivity index (χ4v) is 3.85. The summed E-state index contributed by atoms with van der Waals surface area (Å²) in [5, 5.41) is 0. The monoisotopic (exact) mass is 327 g/mol. The van der Waals surface area contributed by atoms with Crippen LogP contribution in [0.3, 0.4) is 0 Å². The Bertz CT molecular complexity index is 641. The van der Waals surface area contributed by atoms with Crippen LogP contribution in [0.15, 0.2) is 53.1 Å². The van der Waals surface area contributed by atoms with Crippen LogP contribution >= 0.6 is 11.6 Å². The van der Waals surface area contributed by atoms with E-state index in [-0.39, 0.29) is 11.7 Å². The van der Waals surface area contributed by atoms with Crippen LogP contribution in [0.4, 0.5) is 0 Å². The van der Waals surface area contributed by atoms with Gasteiger partial charge in [0.1, 0.15) is 11.8 Å². The van der Waals surface area contributed by atoms with Gasteiger partial charge in [0.05, 0.1) is 12.0 Å². The lowest BCUT2D eigenvalue weighted by Crippen LogP contribution is -2.33. The lowest BCUT2D eigenvalue weighted by atomic mass is 10.1. The van der Waals surface area contributed by atoms with Gasteiger partial charge in [-0.2, -0.15) is 0 Å². The average Bonchev–Trinajstić information content (AvgIpc) is 2.99. The van der Waals surface area contributed by atoms with Gasteiger partial charge in [0, 0.05) is 5.88 Å². The standard InChI is InChI=1S/C15H18ClNO3S/c1-12(10-16)11-21(18,19)17-15(14-8-5-9-20-14)13-6-3-2-4-7-13/h2-9,12,15,17H,10-11H2,1H3. The molecule has 0 bridgehead atoms. The van der Waals surface area contributed by atoms with E-state index in [1.807, 2.05) is 30.3 Å². The lowest BCUT2D eigenvalue weighted by Gasteiger charge is -2.18. The summed E-state index contributed by atoms with van der Waals surface area (Å²) in [6, 6.07) is 12.3. The number of hydrogen-bond acceptors (Lipinski definition) is 3. The summed E-state index contributed by atoms with van der Waals surface area (Å²) in [7, 11) is -3.46. The van der Waals surface area contributed by atoms with E-state index in [4.69, 9.17) is 16.0 Å². The summed E-state index contributed by atoms with van der Waals surface area (Å²) in [5.74, 6) is 0.735. The molecule has 0 aliphatic carbocycles. The minimum atomic E-state index is -3.46. The van der Waals surface area contributed by atoms with Crippen molar-refractivity contribution in [1.29, 1.82) is 0 Å². The summed E-state index contributed by atoms with van der Waals surface area (Å²) in [6.45, 7) is 1.80. The molecule has 21 heavy (non-hydrogen) atoms. The fraction of sp³-hybridized carbons (Fsp3) is 0.333. The van der Waals surface area contributed by atoms with E-state index in [1.165, 1.54) is 6.26 Å². The maximum Gasteiger partial charge on any atom is 0.212 e. The van der Waals surface area contributed by atoms with Gasteiger partial charge in [0.15, 0.2) is 0 Å². The zero-order chi connectivity index (χ0) is 15.3. The molecule has 0 fully saturated rings. The summed E-state index contributed by atoms with van der Waals surface area (Å²) < 4.78 is 32.6. The number of alkyl halides is 1. The molecule has 2 aromatic rings. The largest absolute Gasteiger partial charge is 0.467 e. The second-order valence-corrected chi connectivity index (χ2v) is 7.12. The van der Waals surface area contributed by atoms with Gasteiger partial charge in [-0.3, -0.25) is 0 Å². The normalized spacial score (nSPS) is 14.8. The number of rotatable bonds is 7. The van der Waals surface area contributed by atoms with Crippen LogP contribution in [0.5, 0.6) is 0 Å². The molecule has 2 unspecified atom stereocenters. The second-order valence-electron chi connectivity index (χ2n) is 5.02. The average molecular weight is 328 g/mol. The van der Waals surface area contributed by atoms with E-state index in [9.17, 15) is 8.42 Å². The van der Waals surface area contributed by atoms with Crippen LogP contribution in [0, 0.1) is 5.92 Å². The van der Waals surface area contributed by atoms with Gasteiger partial charge in [-0.15, -0.1) is 11.6 Å². The quantitative estimate of drug-likeness (QED) is 0.795.